The lowest BCUT2D eigenvalue weighted by Gasteiger charge is -2.32. The van der Waals surface area contributed by atoms with Crippen LogP contribution in [0.5, 0.6) is 0 Å². The van der Waals surface area contributed by atoms with Crippen LogP contribution in [0.2, 0.25) is 0 Å². The molecule has 2 rings (SSSR count). The van der Waals surface area contributed by atoms with Crippen LogP contribution in [0.15, 0.2) is 30.3 Å². The van der Waals surface area contributed by atoms with Crippen molar-refractivity contribution in [3.05, 3.63) is 35.9 Å². The molecule has 0 radical (unpaired) electrons. The average Bonchev–Trinajstić information content (AvgIpc) is 3.03. The second-order valence-corrected chi connectivity index (χ2v) is 9.42. The van der Waals surface area contributed by atoms with Crippen LogP contribution in [-0.2, 0) is 14.3 Å². The molecular formula is C22H33N3O4. The molecule has 29 heavy (non-hydrogen) atoms. The number of alkyl carbamates (subject to hydrolysis) is 1. The molecule has 2 unspecified atom stereocenters. The average molecular weight is 404 g/mol. The van der Waals surface area contributed by atoms with Crippen LogP contribution in [0.3, 0.4) is 0 Å². The molecule has 1 saturated heterocycles. The number of carbonyl (C=O) groups excluding carboxylic acids is 3. The van der Waals surface area contributed by atoms with Crippen LogP contribution < -0.4 is 10.6 Å². The molecule has 1 heterocycles. The highest BCUT2D eigenvalue weighted by molar-refractivity contribution is 5.90. The van der Waals surface area contributed by atoms with E-state index in [9.17, 15) is 14.4 Å². The summed E-state index contributed by atoms with van der Waals surface area (Å²) in [6.45, 7) is 10.8. The van der Waals surface area contributed by atoms with Gasteiger partial charge in [-0.2, -0.15) is 0 Å². The van der Waals surface area contributed by atoms with E-state index in [4.69, 9.17) is 4.74 Å². The van der Waals surface area contributed by atoms with E-state index in [0.29, 0.717) is 12.8 Å². The van der Waals surface area contributed by atoms with Crippen molar-refractivity contribution in [1.82, 2.24) is 15.5 Å². The maximum atomic E-state index is 13.1. The molecule has 1 aliphatic rings. The molecule has 3 amide bonds. The molecule has 1 fully saturated rings. The number of nitrogens with one attached hydrogen (secondary N) is 2. The number of hydrogen-bond acceptors (Lipinski definition) is 4. The van der Waals surface area contributed by atoms with Gasteiger partial charge in [0.1, 0.15) is 18.2 Å². The minimum atomic E-state index is -0.656. The SMILES string of the molecule is CC(C)(C)NC(=O)C1CCC(c2ccccc2)N1C(=O)CNC(=O)OC(C)(C)C. The number of hydrogen-bond donors (Lipinski definition) is 2. The van der Waals surface area contributed by atoms with Gasteiger partial charge in [-0.25, -0.2) is 4.79 Å². The molecule has 0 saturated carbocycles. The fraction of sp³-hybridized carbons (Fsp3) is 0.591. The van der Waals surface area contributed by atoms with Gasteiger partial charge in [-0.3, -0.25) is 9.59 Å². The second kappa shape index (κ2) is 8.84. The smallest absolute Gasteiger partial charge is 0.408 e. The van der Waals surface area contributed by atoms with Crippen LogP contribution in [0.1, 0.15) is 66.0 Å². The molecule has 1 aromatic rings. The Bertz CT molecular complexity index is 735. The van der Waals surface area contributed by atoms with E-state index in [2.05, 4.69) is 10.6 Å². The molecule has 7 nitrogen and oxygen atoms in total. The van der Waals surface area contributed by atoms with E-state index in [1.807, 2.05) is 51.1 Å². The highest BCUT2D eigenvalue weighted by Gasteiger charge is 2.42. The molecule has 2 N–H and O–H groups in total. The molecular weight excluding hydrogens is 370 g/mol. The number of likely N-dealkylation sites (tertiary alicyclic amines) is 1. The van der Waals surface area contributed by atoms with Gasteiger partial charge in [-0.1, -0.05) is 30.3 Å². The molecule has 2 atom stereocenters. The Morgan fingerprint density at radius 3 is 2.21 bits per heavy atom. The van der Waals surface area contributed by atoms with Gasteiger partial charge in [0.25, 0.3) is 0 Å². The lowest BCUT2D eigenvalue weighted by atomic mass is 10.0. The van der Waals surface area contributed by atoms with Crippen LogP contribution in [-0.4, -0.2) is 46.5 Å². The van der Waals surface area contributed by atoms with Crippen molar-refractivity contribution < 1.29 is 19.1 Å². The van der Waals surface area contributed by atoms with E-state index in [1.54, 1.807) is 25.7 Å². The third-order valence-electron chi connectivity index (χ3n) is 4.44. The molecule has 160 valence electrons. The van der Waals surface area contributed by atoms with Crippen molar-refractivity contribution >= 4 is 17.9 Å². The number of amides is 3. The molecule has 0 aromatic heterocycles. The van der Waals surface area contributed by atoms with Crippen LogP contribution in [0, 0.1) is 0 Å². The maximum Gasteiger partial charge on any atom is 0.408 e. The van der Waals surface area contributed by atoms with Crippen LogP contribution >= 0.6 is 0 Å². The molecule has 7 heteroatoms. The first kappa shape index (κ1) is 22.7. The van der Waals surface area contributed by atoms with Crippen molar-refractivity contribution in [2.24, 2.45) is 0 Å². The lowest BCUT2D eigenvalue weighted by Crippen LogP contribution is -2.53. The largest absolute Gasteiger partial charge is 0.444 e. The zero-order valence-electron chi connectivity index (χ0n) is 18.2. The van der Waals surface area contributed by atoms with Crippen LogP contribution in [0.4, 0.5) is 4.79 Å². The minimum Gasteiger partial charge on any atom is -0.444 e. The molecule has 0 spiro atoms. The fourth-order valence-corrected chi connectivity index (χ4v) is 3.42. The van der Waals surface area contributed by atoms with Gasteiger partial charge >= 0.3 is 6.09 Å². The molecule has 1 aromatic carbocycles. The lowest BCUT2D eigenvalue weighted by molar-refractivity contribution is -0.140. The number of nitrogens with zero attached hydrogens (tertiary/aromatic N) is 1. The van der Waals surface area contributed by atoms with E-state index in [-0.39, 0.29) is 24.4 Å². The van der Waals surface area contributed by atoms with Gasteiger partial charge < -0.3 is 20.3 Å². The van der Waals surface area contributed by atoms with E-state index in [1.165, 1.54) is 0 Å². The maximum absolute atomic E-state index is 13.1. The Morgan fingerprint density at radius 1 is 1.03 bits per heavy atom. The van der Waals surface area contributed by atoms with Gasteiger partial charge in [0.05, 0.1) is 6.04 Å². The summed E-state index contributed by atoms with van der Waals surface area (Å²) in [7, 11) is 0. The van der Waals surface area contributed by atoms with Gasteiger partial charge in [-0.05, 0) is 59.9 Å². The number of ether oxygens (including phenoxy) is 1. The summed E-state index contributed by atoms with van der Waals surface area (Å²) in [5, 5.41) is 5.48. The van der Waals surface area contributed by atoms with Crippen LogP contribution in [0.25, 0.3) is 0 Å². The first-order valence-electron chi connectivity index (χ1n) is 10.0. The summed E-state index contributed by atoms with van der Waals surface area (Å²) in [5.41, 5.74) is -0.0717. The summed E-state index contributed by atoms with van der Waals surface area (Å²) in [6, 6.07) is 8.87. The van der Waals surface area contributed by atoms with Gasteiger partial charge in [0, 0.05) is 5.54 Å². The van der Waals surface area contributed by atoms with Crippen molar-refractivity contribution in [3.8, 4) is 0 Å². The Balaban J connectivity index is 2.17. The summed E-state index contributed by atoms with van der Waals surface area (Å²) in [4.78, 5) is 39.5. The normalized spacial score (nSPS) is 19.6. The van der Waals surface area contributed by atoms with E-state index in [0.717, 1.165) is 5.56 Å². The number of benzene rings is 1. The number of rotatable bonds is 4. The summed E-state index contributed by atoms with van der Waals surface area (Å²) < 4.78 is 5.20. The third kappa shape index (κ3) is 6.76. The van der Waals surface area contributed by atoms with Gasteiger partial charge in [0.2, 0.25) is 11.8 Å². The highest BCUT2D eigenvalue weighted by atomic mass is 16.6. The zero-order chi connectivity index (χ0) is 21.8. The standard InChI is InChI=1S/C22H33N3O4/c1-21(2,3)24-19(27)17-13-12-16(15-10-8-7-9-11-15)25(17)18(26)14-23-20(28)29-22(4,5)6/h7-11,16-17H,12-14H2,1-6H3,(H,23,28)(H,24,27). The van der Waals surface area contributed by atoms with E-state index < -0.39 is 23.3 Å². The predicted molar refractivity (Wildman–Crippen MR) is 111 cm³/mol. The van der Waals surface area contributed by atoms with Crippen molar-refractivity contribution in [2.75, 3.05) is 6.54 Å². The van der Waals surface area contributed by atoms with Gasteiger partial charge in [0.15, 0.2) is 0 Å². The second-order valence-electron chi connectivity index (χ2n) is 9.42. The van der Waals surface area contributed by atoms with E-state index >= 15 is 0 Å². The third-order valence-corrected chi connectivity index (χ3v) is 4.44. The first-order valence-corrected chi connectivity index (χ1v) is 10.0. The topological polar surface area (TPSA) is 87.7 Å². The van der Waals surface area contributed by atoms with Crippen molar-refractivity contribution in [1.29, 1.82) is 0 Å². The number of carbonyl (C=O) groups is 3. The molecule has 1 aliphatic heterocycles. The summed E-state index contributed by atoms with van der Waals surface area (Å²) >= 11 is 0. The quantitative estimate of drug-likeness (QED) is 0.808. The zero-order valence-corrected chi connectivity index (χ0v) is 18.2. The van der Waals surface area contributed by atoms with Crippen molar-refractivity contribution in [2.45, 2.75) is 77.6 Å². The summed E-state index contributed by atoms with van der Waals surface area (Å²) in [5.74, 6) is -0.488. The first-order chi connectivity index (χ1) is 13.4. The Kier molecular flexibility index (Phi) is 6.93. The van der Waals surface area contributed by atoms with Crippen molar-refractivity contribution in [3.63, 3.8) is 0 Å². The Morgan fingerprint density at radius 2 is 1.66 bits per heavy atom. The highest BCUT2D eigenvalue weighted by Crippen LogP contribution is 2.36. The van der Waals surface area contributed by atoms with Gasteiger partial charge in [-0.15, -0.1) is 0 Å². The predicted octanol–water partition coefficient (Wildman–Crippen LogP) is 3.16. The monoisotopic (exact) mass is 403 g/mol. The minimum absolute atomic E-state index is 0.179. The Labute approximate surface area is 173 Å². The summed E-state index contributed by atoms with van der Waals surface area (Å²) in [6.07, 6.45) is 0.598. The molecule has 0 bridgehead atoms. The fourth-order valence-electron chi connectivity index (χ4n) is 3.42. The molecule has 0 aliphatic carbocycles. The Hall–Kier alpha value is -2.57.